The van der Waals surface area contributed by atoms with Crippen molar-refractivity contribution in [2.75, 3.05) is 26.0 Å². The third-order valence-corrected chi connectivity index (χ3v) is 6.92. The molecule has 0 unspecified atom stereocenters. The number of anilines is 1. The first-order chi connectivity index (χ1) is 14.8. The number of sulfonamides is 1. The summed E-state index contributed by atoms with van der Waals surface area (Å²) in [6.45, 7) is 1.80. The molecule has 31 heavy (non-hydrogen) atoms. The van der Waals surface area contributed by atoms with E-state index in [4.69, 9.17) is 0 Å². The first-order valence-corrected chi connectivity index (χ1v) is 11.4. The molecule has 0 aliphatic carbocycles. The van der Waals surface area contributed by atoms with Crippen molar-refractivity contribution < 1.29 is 13.2 Å². The Morgan fingerprint density at radius 1 is 0.903 bits per heavy atom. The highest BCUT2D eigenvalue weighted by molar-refractivity contribution is 7.89. The highest BCUT2D eigenvalue weighted by atomic mass is 32.2. The van der Waals surface area contributed by atoms with Crippen molar-refractivity contribution in [2.24, 2.45) is 0 Å². The molecule has 162 valence electrons. The van der Waals surface area contributed by atoms with Crippen LogP contribution in [0.4, 0.5) is 5.69 Å². The number of benzene rings is 3. The van der Waals surface area contributed by atoms with E-state index in [0.29, 0.717) is 11.3 Å². The SMILES string of the molecule is Cc1ccc(NC(=O)CNC(c2ccccc2)c2ccccc2)cc1S(=O)(=O)N(C)C. The number of hydrogen-bond acceptors (Lipinski definition) is 4. The molecule has 0 heterocycles. The predicted octanol–water partition coefficient (Wildman–Crippen LogP) is 3.56. The topological polar surface area (TPSA) is 78.5 Å². The van der Waals surface area contributed by atoms with Crippen molar-refractivity contribution in [3.8, 4) is 0 Å². The van der Waals surface area contributed by atoms with Gasteiger partial charge in [-0.3, -0.25) is 10.1 Å². The normalized spacial score (nSPS) is 11.6. The Morgan fingerprint density at radius 3 is 1.97 bits per heavy atom. The van der Waals surface area contributed by atoms with Crippen LogP contribution in [0.5, 0.6) is 0 Å². The fourth-order valence-electron chi connectivity index (χ4n) is 3.27. The zero-order valence-electron chi connectivity index (χ0n) is 17.9. The third-order valence-electron chi connectivity index (χ3n) is 4.96. The average molecular weight is 438 g/mol. The van der Waals surface area contributed by atoms with Crippen LogP contribution in [0.25, 0.3) is 0 Å². The molecule has 7 heteroatoms. The van der Waals surface area contributed by atoms with Crippen LogP contribution < -0.4 is 10.6 Å². The Balaban J connectivity index is 1.74. The van der Waals surface area contributed by atoms with Crippen molar-refractivity contribution in [2.45, 2.75) is 17.9 Å². The second-order valence-electron chi connectivity index (χ2n) is 7.45. The van der Waals surface area contributed by atoms with E-state index in [0.717, 1.165) is 15.4 Å². The molecule has 0 atom stereocenters. The summed E-state index contributed by atoms with van der Waals surface area (Å²) in [6, 6.07) is 24.6. The van der Waals surface area contributed by atoms with Gasteiger partial charge in [0.1, 0.15) is 0 Å². The molecular weight excluding hydrogens is 410 g/mol. The zero-order valence-corrected chi connectivity index (χ0v) is 18.7. The van der Waals surface area contributed by atoms with Gasteiger partial charge in [0, 0.05) is 19.8 Å². The molecule has 0 saturated heterocycles. The summed E-state index contributed by atoms with van der Waals surface area (Å²) >= 11 is 0. The average Bonchev–Trinajstić information content (AvgIpc) is 2.76. The molecular formula is C24H27N3O3S. The number of nitrogens with zero attached hydrogens (tertiary/aromatic N) is 1. The Labute approximate surface area is 184 Å². The maximum absolute atomic E-state index is 12.6. The predicted molar refractivity (Wildman–Crippen MR) is 123 cm³/mol. The minimum absolute atomic E-state index is 0.0676. The smallest absolute Gasteiger partial charge is 0.242 e. The van der Waals surface area contributed by atoms with Crippen LogP contribution in [0, 0.1) is 6.92 Å². The Kier molecular flexibility index (Phi) is 7.22. The van der Waals surface area contributed by atoms with Crippen molar-refractivity contribution >= 4 is 21.6 Å². The molecule has 0 saturated carbocycles. The van der Waals surface area contributed by atoms with Crippen LogP contribution in [-0.2, 0) is 14.8 Å². The molecule has 3 rings (SSSR count). The molecule has 0 fully saturated rings. The number of hydrogen-bond donors (Lipinski definition) is 2. The van der Waals surface area contributed by atoms with Crippen molar-refractivity contribution in [1.82, 2.24) is 9.62 Å². The summed E-state index contributed by atoms with van der Waals surface area (Å²) < 4.78 is 26.2. The quantitative estimate of drug-likeness (QED) is 0.565. The molecule has 0 bridgehead atoms. The minimum Gasteiger partial charge on any atom is -0.325 e. The van der Waals surface area contributed by atoms with Gasteiger partial charge in [-0.1, -0.05) is 66.7 Å². The van der Waals surface area contributed by atoms with E-state index in [1.54, 1.807) is 19.1 Å². The standard InChI is InChI=1S/C24H27N3O3S/c1-18-14-15-21(16-22(18)31(29,30)27(2)3)26-23(28)17-25-24(19-10-6-4-7-11-19)20-12-8-5-9-13-20/h4-16,24-25H,17H2,1-3H3,(H,26,28). The number of carbonyl (C=O) groups is 1. The first kappa shape index (κ1) is 22.7. The lowest BCUT2D eigenvalue weighted by Crippen LogP contribution is -2.32. The van der Waals surface area contributed by atoms with E-state index in [2.05, 4.69) is 10.6 Å². The number of carbonyl (C=O) groups excluding carboxylic acids is 1. The Bertz CT molecular complexity index is 1090. The lowest BCUT2D eigenvalue weighted by molar-refractivity contribution is -0.115. The van der Waals surface area contributed by atoms with E-state index in [-0.39, 0.29) is 23.4 Å². The molecule has 1 amide bonds. The summed E-state index contributed by atoms with van der Waals surface area (Å²) in [6.07, 6.45) is 0. The molecule has 2 N–H and O–H groups in total. The fourth-order valence-corrected chi connectivity index (χ4v) is 4.42. The van der Waals surface area contributed by atoms with Gasteiger partial charge in [0.2, 0.25) is 15.9 Å². The van der Waals surface area contributed by atoms with E-state index >= 15 is 0 Å². The van der Waals surface area contributed by atoms with E-state index in [1.807, 2.05) is 60.7 Å². The number of aryl methyl sites for hydroxylation is 1. The Hall–Kier alpha value is -3.00. The van der Waals surface area contributed by atoms with Gasteiger partial charge in [-0.25, -0.2) is 12.7 Å². The van der Waals surface area contributed by atoms with Crippen molar-refractivity contribution in [3.05, 3.63) is 95.6 Å². The highest BCUT2D eigenvalue weighted by Gasteiger charge is 2.21. The molecule has 3 aromatic carbocycles. The molecule has 0 spiro atoms. The van der Waals surface area contributed by atoms with E-state index in [1.165, 1.54) is 20.2 Å². The molecule has 0 aliphatic heterocycles. The zero-order chi connectivity index (χ0) is 22.4. The molecule has 0 aromatic heterocycles. The number of nitrogens with one attached hydrogen (secondary N) is 2. The van der Waals surface area contributed by atoms with Crippen molar-refractivity contribution in [1.29, 1.82) is 0 Å². The molecule has 3 aromatic rings. The largest absolute Gasteiger partial charge is 0.325 e. The molecule has 6 nitrogen and oxygen atoms in total. The van der Waals surface area contributed by atoms with Crippen LogP contribution in [-0.4, -0.2) is 39.3 Å². The first-order valence-electron chi connectivity index (χ1n) is 9.95. The lowest BCUT2D eigenvalue weighted by Gasteiger charge is -2.20. The monoisotopic (exact) mass is 437 g/mol. The highest BCUT2D eigenvalue weighted by Crippen LogP contribution is 2.23. The van der Waals surface area contributed by atoms with E-state index in [9.17, 15) is 13.2 Å². The van der Waals surface area contributed by atoms with Crippen LogP contribution >= 0.6 is 0 Å². The van der Waals surface area contributed by atoms with Crippen LogP contribution in [0.3, 0.4) is 0 Å². The second kappa shape index (κ2) is 9.87. The van der Waals surface area contributed by atoms with Gasteiger partial charge >= 0.3 is 0 Å². The maximum atomic E-state index is 12.6. The Morgan fingerprint density at radius 2 is 1.45 bits per heavy atom. The molecule has 0 aliphatic rings. The van der Waals surface area contributed by atoms with Gasteiger partial charge in [0.15, 0.2) is 0 Å². The van der Waals surface area contributed by atoms with Gasteiger partial charge in [-0.2, -0.15) is 0 Å². The summed E-state index contributed by atoms with van der Waals surface area (Å²) in [7, 11) is -0.630. The van der Waals surface area contributed by atoms with Gasteiger partial charge in [-0.15, -0.1) is 0 Å². The van der Waals surface area contributed by atoms with Crippen molar-refractivity contribution in [3.63, 3.8) is 0 Å². The van der Waals surface area contributed by atoms with E-state index < -0.39 is 10.0 Å². The summed E-state index contributed by atoms with van der Waals surface area (Å²) in [5.41, 5.74) is 3.17. The summed E-state index contributed by atoms with van der Waals surface area (Å²) in [5.74, 6) is -0.256. The third kappa shape index (κ3) is 5.58. The second-order valence-corrected chi connectivity index (χ2v) is 9.57. The van der Waals surface area contributed by atoms with Gasteiger partial charge < -0.3 is 5.32 Å². The lowest BCUT2D eigenvalue weighted by atomic mass is 9.99. The van der Waals surface area contributed by atoms with Crippen LogP contribution in [0.2, 0.25) is 0 Å². The van der Waals surface area contributed by atoms with Gasteiger partial charge in [0.25, 0.3) is 0 Å². The summed E-state index contributed by atoms with van der Waals surface area (Å²) in [4.78, 5) is 12.8. The summed E-state index contributed by atoms with van der Waals surface area (Å²) in [5, 5.41) is 6.10. The van der Waals surface area contributed by atoms with Crippen LogP contribution in [0.15, 0.2) is 83.8 Å². The molecule has 0 radical (unpaired) electrons. The number of amides is 1. The van der Waals surface area contributed by atoms with Gasteiger partial charge in [-0.05, 0) is 35.7 Å². The number of rotatable bonds is 8. The maximum Gasteiger partial charge on any atom is 0.242 e. The minimum atomic E-state index is -3.60. The van der Waals surface area contributed by atoms with Crippen LogP contribution in [0.1, 0.15) is 22.7 Å². The van der Waals surface area contributed by atoms with Gasteiger partial charge in [0.05, 0.1) is 17.5 Å². The fraction of sp³-hybridized carbons (Fsp3) is 0.208.